The third-order valence-electron chi connectivity index (χ3n) is 4.92. The molecule has 31 heavy (non-hydrogen) atoms. The van der Waals surface area contributed by atoms with Crippen LogP contribution in [-0.4, -0.2) is 16.3 Å². The Hall–Kier alpha value is -3.75. The fourth-order valence-corrected chi connectivity index (χ4v) is 4.56. The topological polar surface area (TPSA) is 63.0 Å². The molecule has 5 heteroatoms. The lowest BCUT2D eigenvalue weighted by Gasteiger charge is -2.13. The van der Waals surface area contributed by atoms with Crippen molar-refractivity contribution >= 4 is 10.8 Å². The molecular weight excluding hydrogens is 404 g/mol. The van der Waals surface area contributed by atoms with Gasteiger partial charge in [0.05, 0.1) is 34.9 Å². The number of aromatic nitrogens is 1. The summed E-state index contributed by atoms with van der Waals surface area (Å²) in [6.07, 6.45) is 0. The molecule has 4 rings (SSSR count). The van der Waals surface area contributed by atoms with E-state index in [9.17, 15) is 9.47 Å². The highest BCUT2D eigenvalue weighted by Gasteiger charge is 2.20. The van der Waals surface area contributed by atoms with E-state index in [1.165, 1.54) is 0 Å². The van der Waals surface area contributed by atoms with Crippen molar-refractivity contribution in [2.45, 2.75) is 10.8 Å². The number of benzene rings is 3. The second-order valence-corrected chi connectivity index (χ2v) is 8.28. The highest BCUT2D eigenvalue weighted by atomic mass is 32.2. The molecule has 0 unspecified atom stereocenters. The standard InChI is InChI=1S/C26H20N2O2S/c1-30-22-14-12-21(13-15-22)25-16-23(20-10-6-3-7-11-20)24(17-27)26(28-25)31(29)18-19-8-4-2-5-9-19/h2-16H,18H2,1H3/t31-/m0/s1. The summed E-state index contributed by atoms with van der Waals surface area (Å²) in [6.45, 7) is 0. The van der Waals surface area contributed by atoms with E-state index in [0.29, 0.717) is 22.0 Å². The van der Waals surface area contributed by atoms with Gasteiger partial charge in [0.15, 0.2) is 0 Å². The summed E-state index contributed by atoms with van der Waals surface area (Å²) >= 11 is 0. The molecule has 0 saturated carbocycles. The molecule has 0 radical (unpaired) electrons. The fourth-order valence-electron chi connectivity index (χ4n) is 3.34. The number of nitriles is 1. The first-order valence-corrected chi connectivity index (χ1v) is 11.1. The van der Waals surface area contributed by atoms with Gasteiger partial charge < -0.3 is 4.74 Å². The van der Waals surface area contributed by atoms with Gasteiger partial charge in [0.25, 0.3) is 0 Å². The molecule has 1 atom stereocenters. The van der Waals surface area contributed by atoms with Crippen molar-refractivity contribution in [3.8, 4) is 34.2 Å². The number of rotatable bonds is 6. The molecule has 0 spiro atoms. The number of methoxy groups -OCH3 is 1. The van der Waals surface area contributed by atoms with Gasteiger partial charge in [-0.1, -0.05) is 60.7 Å². The lowest BCUT2D eigenvalue weighted by atomic mass is 9.99. The third-order valence-corrected chi connectivity index (χ3v) is 6.25. The largest absolute Gasteiger partial charge is 0.497 e. The summed E-state index contributed by atoms with van der Waals surface area (Å²) in [7, 11) is 0.140. The molecule has 1 heterocycles. The van der Waals surface area contributed by atoms with Crippen LogP contribution < -0.4 is 4.74 Å². The highest BCUT2D eigenvalue weighted by Crippen LogP contribution is 2.32. The van der Waals surface area contributed by atoms with Gasteiger partial charge in [-0.3, -0.25) is 4.21 Å². The lowest BCUT2D eigenvalue weighted by molar-refractivity contribution is 0.415. The second kappa shape index (κ2) is 9.38. The summed E-state index contributed by atoms with van der Waals surface area (Å²) in [5.74, 6) is 1.04. The second-order valence-electron chi connectivity index (χ2n) is 6.92. The van der Waals surface area contributed by atoms with Crippen molar-refractivity contribution in [2.75, 3.05) is 7.11 Å². The van der Waals surface area contributed by atoms with Crippen LogP contribution in [-0.2, 0) is 16.6 Å². The molecule has 0 amide bonds. The maximum absolute atomic E-state index is 13.3. The predicted octanol–water partition coefficient (Wildman–Crippen LogP) is 5.60. The molecule has 4 nitrogen and oxygen atoms in total. The van der Waals surface area contributed by atoms with Crippen LogP contribution >= 0.6 is 0 Å². The fraction of sp³-hybridized carbons (Fsp3) is 0.0769. The molecule has 0 aliphatic carbocycles. The number of ether oxygens (including phenoxy) is 1. The Morgan fingerprint density at radius 1 is 0.903 bits per heavy atom. The Labute approximate surface area is 184 Å². The van der Waals surface area contributed by atoms with Crippen LogP contribution in [0.25, 0.3) is 22.4 Å². The van der Waals surface area contributed by atoms with Gasteiger partial charge in [-0.25, -0.2) is 4.98 Å². The van der Waals surface area contributed by atoms with Gasteiger partial charge in [0.1, 0.15) is 16.8 Å². The minimum atomic E-state index is -1.48. The summed E-state index contributed by atoms with van der Waals surface area (Å²) in [5.41, 5.74) is 4.41. The van der Waals surface area contributed by atoms with E-state index >= 15 is 0 Å². The van der Waals surface area contributed by atoms with Crippen molar-refractivity contribution in [3.63, 3.8) is 0 Å². The first-order valence-electron chi connectivity index (χ1n) is 9.77. The van der Waals surface area contributed by atoms with Crippen molar-refractivity contribution in [1.29, 1.82) is 5.26 Å². The summed E-state index contributed by atoms with van der Waals surface area (Å²) in [6, 6.07) is 30.9. The zero-order chi connectivity index (χ0) is 21.6. The zero-order valence-corrected chi connectivity index (χ0v) is 17.8. The van der Waals surface area contributed by atoms with E-state index in [0.717, 1.165) is 28.0 Å². The molecule has 0 aliphatic rings. The Morgan fingerprint density at radius 2 is 1.55 bits per heavy atom. The van der Waals surface area contributed by atoms with Crippen LogP contribution in [0.2, 0.25) is 0 Å². The first-order chi connectivity index (χ1) is 15.2. The Bertz CT molecular complexity index is 1250. The Kier molecular flexibility index (Phi) is 6.21. The highest BCUT2D eigenvalue weighted by molar-refractivity contribution is 7.84. The van der Waals surface area contributed by atoms with E-state index in [-0.39, 0.29) is 0 Å². The third kappa shape index (κ3) is 4.55. The van der Waals surface area contributed by atoms with Gasteiger partial charge in [0, 0.05) is 11.1 Å². The summed E-state index contributed by atoms with van der Waals surface area (Å²) < 4.78 is 18.6. The molecule has 0 aliphatic heterocycles. The lowest BCUT2D eigenvalue weighted by Crippen LogP contribution is -2.05. The molecule has 152 valence electrons. The first kappa shape index (κ1) is 20.5. The van der Waals surface area contributed by atoms with Gasteiger partial charge >= 0.3 is 0 Å². The molecule has 1 aromatic heterocycles. The minimum Gasteiger partial charge on any atom is -0.497 e. The number of pyridine rings is 1. The predicted molar refractivity (Wildman–Crippen MR) is 123 cm³/mol. The Morgan fingerprint density at radius 3 is 2.16 bits per heavy atom. The quantitative estimate of drug-likeness (QED) is 0.404. The van der Waals surface area contributed by atoms with Crippen molar-refractivity contribution in [3.05, 3.63) is 102 Å². The van der Waals surface area contributed by atoms with Crippen molar-refractivity contribution in [1.82, 2.24) is 4.98 Å². The normalized spacial score (nSPS) is 11.5. The SMILES string of the molecule is COc1ccc(-c2cc(-c3ccccc3)c(C#N)c([S@@](=O)Cc3ccccc3)n2)cc1. The molecule has 0 fully saturated rings. The van der Waals surface area contributed by atoms with E-state index in [4.69, 9.17) is 4.74 Å². The van der Waals surface area contributed by atoms with Gasteiger partial charge in [-0.15, -0.1) is 0 Å². The summed E-state index contributed by atoms with van der Waals surface area (Å²) in [4.78, 5) is 4.69. The van der Waals surface area contributed by atoms with Gasteiger partial charge in [-0.05, 0) is 41.5 Å². The zero-order valence-electron chi connectivity index (χ0n) is 17.0. The van der Waals surface area contributed by atoms with Gasteiger partial charge in [-0.2, -0.15) is 5.26 Å². The van der Waals surface area contributed by atoms with Crippen LogP contribution in [0.5, 0.6) is 5.75 Å². The van der Waals surface area contributed by atoms with Crippen molar-refractivity contribution < 1.29 is 8.95 Å². The average Bonchev–Trinajstić information content (AvgIpc) is 2.84. The van der Waals surface area contributed by atoms with Crippen molar-refractivity contribution in [2.24, 2.45) is 0 Å². The number of nitrogens with zero attached hydrogens (tertiary/aromatic N) is 2. The Balaban J connectivity index is 1.87. The summed E-state index contributed by atoms with van der Waals surface area (Å²) in [5, 5.41) is 10.3. The van der Waals surface area contributed by atoms with Crippen LogP contribution in [0, 0.1) is 11.3 Å². The number of hydrogen-bond donors (Lipinski definition) is 0. The van der Waals surface area contributed by atoms with Crippen LogP contribution in [0.15, 0.2) is 96.0 Å². The van der Waals surface area contributed by atoms with Crippen LogP contribution in [0.4, 0.5) is 0 Å². The molecular formula is C26H20N2O2S. The monoisotopic (exact) mass is 424 g/mol. The molecule has 0 bridgehead atoms. The number of hydrogen-bond acceptors (Lipinski definition) is 4. The van der Waals surface area contributed by atoms with E-state index in [1.807, 2.05) is 91.0 Å². The van der Waals surface area contributed by atoms with E-state index in [1.54, 1.807) is 7.11 Å². The molecule has 0 saturated heterocycles. The molecule has 3 aromatic carbocycles. The van der Waals surface area contributed by atoms with Crippen LogP contribution in [0.1, 0.15) is 11.1 Å². The molecule has 4 aromatic rings. The van der Waals surface area contributed by atoms with E-state index < -0.39 is 10.8 Å². The molecule has 0 N–H and O–H groups in total. The smallest absolute Gasteiger partial charge is 0.146 e. The average molecular weight is 425 g/mol. The van der Waals surface area contributed by atoms with Crippen LogP contribution in [0.3, 0.4) is 0 Å². The van der Waals surface area contributed by atoms with Gasteiger partial charge in [0.2, 0.25) is 0 Å². The van der Waals surface area contributed by atoms with E-state index in [2.05, 4.69) is 11.1 Å². The maximum Gasteiger partial charge on any atom is 0.146 e. The maximum atomic E-state index is 13.3. The minimum absolute atomic E-state index is 0.294.